The van der Waals surface area contributed by atoms with E-state index in [-0.39, 0.29) is 37.1 Å². The van der Waals surface area contributed by atoms with Crippen LogP contribution in [0.25, 0.3) is 5.69 Å². The van der Waals surface area contributed by atoms with Gasteiger partial charge in [-0.3, -0.25) is 9.48 Å². The van der Waals surface area contributed by atoms with Gasteiger partial charge in [0.05, 0.1) is 32.1 Å². The second-order valence-corrected chi connectivity index (χ2v) is 8.76. The van der Waals surface area contributed by atoms with E-state index in [1.165, 1.54) is 6.08 Å². The van der Waals surface area contributed by atoms with Gasteiger partial charge in [0.25, 0.3) is 5.56 Å². The summed E-state index contributed by atoms with van der Waals surface area (Å²) in [4.78, 5) is 26.7. The minimum atomic E-state index is -0.792. The summed E-state index contributed by atoms with van der Waals surface area (Å²) in [7, 11) is 1.83. The van der Waals surface area contributed by atoms with Gasteiger partial charge in [0.2, 0.25) is 12.0 Å². The minimum absolute atomic E-state index is 0.00112. The maximum absolute atomic E-state index is 13.9. The van der Waals surface area contributed by atoms with Crippen molar-refractivity contribution in [3.8, 4) is 5.69 Å². The highest BCUT2D eigenvalue weighted by Crippen LogP contribution is 2.39. The lowest BCUT2D eigenvalue weighted by Crippen LogP contribution is -2.39. The molecule has 2 heterocycles. The van der Waals surface area contributed by atoms with E-state index in [1.807, 2.05) is 55.9 Å². The summed E-state index contributed by atoms with van der Waals surface area (Å²) in [5, 5.41) is 8.84. The van der Waals surface area contributed by atoms with E-state index >= 15 is 0 Å². The Morgan fingerprint density at radius 1 is 1.16 bits per heavy atom. The molecule has 208 valence electrons. The fraction of sp³-hybridized carbons (Fsp3) is 0.500. The molecule has 0 bridgehead atoms. The van der Waals surface area contributed by atoms with E-state index in [2.05, 4.69) is 6.58 Å². The van der Waals surface area contributed by atoms with E-state index in [1.54, 1.807) is 10.8 Å². The molecule has 2 aromatic rings. The Morgan fingerprint density at radius 2 is 1.87 bits per heavy atom. The summed E-state index contributed by atoms with van der Waals surface area (Å²) in [5.41, 5.74) is 1.87. The molecule has 10 heteroatoms. The molecule has 0 fully saturated rings. The summed E-state index contributed by atoms with van der Waals surface area (Å²) in [6.45, 7) is 8.98. The number of rotatable bonds is 15. The van der Waals surface area contributed by atoms with Crippen LogP contribution in [-0.4, -0.2) is 73.0 Å². The average molecular weight is 531 g/mol. The molecule has 0 saturated carbocycles. The number of hydrogen-bond donors (Lipinski definition) is 1. The smallest absolute Gasteiger partial charge is 0.373 e. The molecule has 3 rings (SSSR count). The van der Waals surface area contributed by atoms with Gasteiger partial charge in [0.1, 0.15) is 6.61 Å². The van der Waals surface area contributed by atoms with Crippen molar-refractivity contribution < 1.29 is 33.6 Å². The maximum atomic E-state index is 13.9. The van der Waals surface area contributed by atoms with Crippen molar-refractivity contribution in [2.45, 2.75) is 32.5 Å². The molecule has 3 unspecified atom stereocenters. The standard InChI is InChI=1S/C28H38N2O8/c1-5-14-37-27(33)24-19-23(22(28(38-24)36-6-2)12-15-34-17-18-35-16-13-31)25-20(3)29(4)30(26(25)32)21-10-8-7-9-11-21/h5,7-11,19,22-23,28,31H,1,6,12-18H2,2-4H3. The molecule has 0 amide bonds. The first kappa shape index (κ1) is 29.4. The predicted molar refractivity (Wildman–Crippen MR) is 141 cm³/mol. The number of para-hydroxylation sites is 1. The summed E-state index contributed by atoms with van der Waals surface area (Å²) < 4.78 is 31.6. The molecule has 0 radical (unpaired) electrons. The SMILES string of the molecule is C=CCOC(=O)C1=CC(c2c(C)n(C)n(-c3ccccc3)c2=O)C(CCOCCOCCO)C(OCC)O1. The van der Waals surface area contributed by atoms with Crippen molar-refractivity contribution in [3.63, 3.8) is 0 Å². The van der Waals surface area contributed by atoms with E-state index in [4.69, 9.17) is 28.8 Å². The number of aliphatic hydroxyl groups excluding tert-OH is 1. The van der Waals surface area contributed by atoms with Gasteiger partial charge in [-0.15, -0.1) is 0 Å². The third-order valence-electron chi connectivity index (χ3n) is 6.38. The van der Waals surface area contributed by atoms with Crippen molar-refractivity contribution in [1.82, 2.24) is 9.36 Å². The largest absolute Gasteiger partial charge is 0.457 e. The Bertz CT molecular complexity index is 1140. The molecule has 0 aliphatic carbocycles. The van der Waals surface area contributed by atoms with Gasteiger partial charge in [-0.1, -0.05) is 30.9 Å². The van der Waals surface area contributed by atoms with Gasteiger partial charge >= 0.3 is 5.97 Å². The molecule has 1 N–H and O–H groups in total. The van der Waals surface area contributed by atoms with Crippen LogP contribution in [0.15, 0.2) is 59.6 Å². The summed E-state index contributed by atoms with van der Waals surface area (Å²) >= 11 is 0. The maximum Gasteiger partial charge on any atom is 0.373 e. The van der Waals surface area contributed by atoms with Gasteiger partial charge < -0.3 is 28.8 Å². The molecular weight excluding hydrogens is 492 g/mol. The highest BCUT2D eigenvalue weighted by Gasteiger charge is 2.41. The summed E-state index contributed by atoms with van der Waals surface area (Å²) in [6.07, 6.45) is 2.85. The van der Waals surface area contributed by atoms with Crippen LogP contribution in [0.2, 0.25) is 0 Å². The van der Waals surface area contributed by atoms with Crippen LogP contribution in [0.4, 0.5) is 0 Å². The first-order valence-electron chi connectivity index (χ1n) is 12.8. The predicted octanol–water partition coefficient (Wildman–Crippen LogP) is 2.61. The zero-order chi connectivity index (χ0) is 27.5. The monoisotopic (exact) mass is 530 g/mol. The molecule has 10 nitrogen and oxygen atoms in total. The first-order valence-corrected chi connectivity index (χ1v) is 12.8. The number of allylic oxidation sites excluding steroid dienone is 1. The lowest BCUT2D eigenvalue weighted by Gasteiger charge is -2.36. The quantitative estimate of drug-likeness (QED) is 0.213. The number of carbonyl (C=O) groups excluding carboxylic acids is 1. The Kier molecular flexibility index (Phi) is 11.3. The van der Waals surface area contributed by atoms with E-state index in [0.717, 1.165) is 11.4 Å². The van der Waals surface area contributed by atoms with Gasteiger partial charge in [0.15, 0.2) is 0 Å². The number of benzene rings is 1. The van der Waals surface area contributed by atoms with Crippen LogP contribution in [-0.2, 0) is 35.5 Å². The van der Waals surface area contributed by atoms with Crippen molar-refractivity contribution in [2.24, 2.45) is 13.0 Å². The molecule has 3 atom stereocenters. The van der Waals surface area contributed by atoms with Crippen LogP contribution in [0, 0.1) is 12.8 Å². The van der Waals surface area contributed by atoms with E-state index in [0.29, 0.717) is 38.4 Å². The summed E-state index contributed by atoms with van der Waals surface area (Å²) in [6, 6.07) is 9.39. The lowest BCUT2D eigenvalue weighted by molar-refractivity contribution is -0.176. The number of carbonyl (C=O) groups is 1. The van der Waals surface area contributed by atoms with Crippen molar-refractivity contribution in [1.29, 1.82) is 0 Å². The Labute approximate surface area is 223 Å². The average Bonchev–Trinajstić information content (AvgIpc) is 3.15. The number of aromatic nitrogens is 2. The van der Waals surface area contributed by atoms with Gasteiger partial charge in [-0.25, -0.2) is 9.48 Å². The highest BCUT2D eigenvalue weighted by molar-refractivity contribution is 5.86. The van der Waals surface area contributed by atoms with Crippen LogP contribution in [0.5, 0.6) is 0 Å². The molecular formula is C28H38N2O8. The van der Waals surface area contributed by atoms with Crippen LogP contribution < -0.4 is 5.56 Å². The second-order valence-electron chi connectivity index (χ2n) is 8.76. The molecule has 1 aromatic heterocycles. The number of nitrogens with zero attached hydrogens (tertiary/aromatic N) is 2. The fourth-order valence-electron chi connectivity index (χ4n) is 4.54. The van der Waals surface area contributed by atoms with Gasteiger partial charge in [-0.2, -0.15) is 0 Å². The molecule has 38 heavy (non-hydrogen) atoms. The van der Waals surface area contributed by atoms with E-state index < -0.39 is 18.2 Å². The lowest BCUT2D eigenvalue weighted by atomic mass is 9.81. The number of hydrogen-bond acceptors (Lipinski definition) is 8. The Morgan fingerprint density at radius 3 is 2.53 bits per heavy atom. The van der Waals surface area contributed by atoms with Crippen molar-refractivity contribution in [3.05, 3.63) is 76.4 Å². The van der Waals surface area contributed by atoms with Crippen molar-refractivity contribution in [2.75, 3.05) is 46.2 Å². The molecule has 0 spiro atoms. The molecule has 1 aliphatic heterocycles. The topological polar surface area (TPSA) is 110 Å². The molecule has 1 aliphatic rings. The fourth-order valence-corrected chi connectivity index (χ4v) is 4.54. The molecule has 1 aromatic carbocycles. The number of esters is 1. The summed E-state index contributed by atoms with van der Waals surface area (Å²) in [5.74, 6) is -1.46. The normalized spacial score (nSPS) is 19.1. The molecule has 0 saturated heterocycles. The van der Waals surface area contributed by atoms with Crippen LogP contribution >= 0.6 is 0 Å². The first-order chi connectivity index (χ1) is 18.4. The zero-order valence-electron chi connectivity index (χ0n) is 22.3. The van der Waals surface area contributed by atoms with Crippen LogP contribution in [0.3, 0.4) is 0 Å². The Balaban J connectivity index is 1.99. The number of aliphatic hydroxyl groups is 1. The Hall–Kier alpha value is -3.18. The van der Waals surface area contributed by atoms with Gasteiger partial charge in [-0.05, 0) is 38.5 Å². The number of ether oxygens (including phenoxy) is 5. The minimum Gasteiger partial charge on any atom is -0.457 e. The van der Waals surface area contributed by atoms with Gasteiger partial charge in [0, 0.05) is 43.4 Å². The third-order valence-corrected chi connectivity index (χ3v) is 6.38. The highest BCUT2D eigenvalue weighted by atomic mass is 16.7. The van der Waals surface area contributed by atoms with E-state index in [9.17, 15) is 9.59 Å². The third kappa shape index (κ3) is 7.02. The van der Waals surface area contributed by atoms with Crippen molar-refractivity contribution >= 4 is 5.97 Å². The zero-order valence-corrected chi connectivity index (χ0v) is 22.3. The van der Waals surface area contributed by atoms with Crippen LogP contribution in [0.1, 0.15) is 30.5 Å². The second kappa shape index (κ2) is 14.7.